The molecular weight excluding hydrogens is 360 g/mol. The average molecular weight is 380 g/mol. The Morgan fingerprint density at radius 2 is 2.08 bits per heavy atom. The van der Waals surface area contributed by atoms with Crippen LogP contribution in [0.15, 0.2) is 27.6 Å². The van der Waals surface area contributed by atoms with E-state index < -0.39 is 15.9 Å². The molecule has 2 heterocycles. The van der Waals surface area contributed by atoms with E-state index in [9.17, 15) is 13.2 Å². The van der Waals surface area contributed by atoms with Gasteiger partial charge in [-0.3, -0.25) is 4.79 Å². The first-order chi connectivity index (χ1) is 12.4. The van der Waals surface area contributed by atoms with Crippen molar-refractivity contribution in [2.45, 2.75) is 31.1 Å². The van der Waals surface area contributed by atoms with Crippen molar-refractivity contribution in [3.05, 3.63) is 29.9 Å². The van der Waals surface area contributed by atoms with E-state index >= 15 is 0 Å². The molecule has 1 aromatic heterocycles. The number of hydrogen-bond donors (Lipinski definition) is 1. The van der Waals surface area contributed by atoms with Crippen LogP contribution in [-0.2, 0) is 21.2 Å². The monoisotopic (exact) mass is 380 g/mol. The summed E-state index contributed by atoms with van der Waals surface area (Å²) in [6.45, 7) is 2.64. The Morgan fingerprint density at radius 3 is 2.69 bits per heavy atom. The molecule has 2 aromatic rings. The summed E-state index contributed by atoms with van der Waals surface area (Å²) in [5.74, 6) is 0.576. The highest BCUT2D eigenvalue weighted by Gasteiger charge is 2.28. The second-order valence-corrected chi connectivity index (χ2v) is 7.87. The number of anilines is 1. The molecule has 1 aliphatic heterocycles. The van der Waals surface area contributed by atoms with Crippen LogP contribution >= 0.6 is 0 Å². The summed E-state index contributed by atoms with van der Waals surface area (Å²) in [6.07, 6.45) is 1.61. The van der Waals surface area contributed by atoms with E-state index in [2.05, 4.69) is 15.5 Å². The summed E-state index contributed by atoms with van der Waals surface area (Å²) in [5.41, 5.74) is 0.276. The number of aryl methyl sites for hydroxylation is 1. The minimum Gasteiger partial charge on any atom is -0.495 e. The standard InChI is InChI=1S/C16H20N4O5S/c1-11-17-15(19-25-11)10-16(21)18-13-9-12(5-6-14(13)24-2)26(22,23)20-7-3-4-8-20/h5-6,9H,3-4,7-8,10H2,1-2H3,(H,18,21). The summed E-state index contributed by atoms with van der Waals surface area (Å²) >= 11 is 0. The maximum absolute atomic E-state index is 12.7. The van der Waals surface area contributed by atoms with Gasteiger partial charge in [0.1, 0.15) is 5.75 Å². The third-order valence-corrected chi connectivity index (χ3v) is 5.93. The van der Waals surface area contributed by atoms with Gasteiger partial charge < -0.3 is 14.6 Å². The van der Waals surface area contributed by atoms with Crippen LogP contribution < -0.4 is 10.1 Å². The minimum atomic E-state index is -3.59. The lowest BCUT2D eigenvalue weighted by molar-refractivity contribution is -0.115. The van der Waals surface area contributed by atoms with Crippen molar-refractivity contribution in [1.82, 2.24) is 14.4 Å². The lowest BCUT2D eigenvalue weighted by Gasteiger charge is -2.17. The molecule has 10 heteroatoms. The van der Waals surface area contributed by atoms with E-state index in [-0.39, 0.29) is 22.8 Å². The first kappa shape index (κ1) is 18.3. The van der Waals surface area contributed by atoms with Crippen LogP contribution in [-0.4, -0.2) is 49.0 Å². The van der Waals surface area contributed by atoms with Gasteiger partial charge in [0.2, 0.25) is 21.8 Å². The molecule has 1 aliphatic rings. The predicted molar refractivity (Wildman–Crippen MR) is 92.4 cm³/mol. The Kier molecular flexibility index (Phi) is 5.23. The molecule has 1 fully saturated rings. The van der Waals surface area contributed by atoms with E-state index in [0.717, 1.165) is 12.8 Å². The van der Waals surface area contributed by atoms with Crippen LogP contribution in [0.2, 0.25) is 0 Å². The van der Waals surface area contributed by atoms with Crippen LogP contribution in [0.1, 0.15) is 24.6 Å². The minimum absolute atomic E-state index is 0.0937. The maximum atomic E-state index is 12.7. The van der Waals surface area contributed by atoms with E-state index in [0.29, 0.717) is 24.7 Å². The quantitative estimate of drug-likeness (QED) is 0.804. The number of aromatic nitrogens is 2. The zero-order valence-corrected chi connectivity index (χ0v) is 15.4. The van der Waals surface area contributed by atoms with E-state index in [1.807, 2.05) is 0 Å². The second kappa shape index (κ2) is 7.42. The van der Waals surface area contributed by atoms with Gasteiger partial charge in [-0.2, -0.15) is 9.29 Å². The van der Waals surface area contributed by atoms with Gasteiger partial charge in [0, 0.05) is 20.0 Å². The van der Waals surface area contributed by atoms with E-state index in [1.54, 1.807) is 6.92 Å². The molecule has 1 saturated heterocycles. The second-order valence-electron chi connectivity index (χ2n) is 5.93. The third-order valence-electron chi connectivity index (χ3n) is 4.04. The Hall–Kier alpha value is -2.46. The third kappa shape index (κ3) is 3.86. The summed E-state index contributed by atoms with van der Waals surface area (Å²) in [6, 6.07) is 4.41. The van der Waals surface area contributed by atoms with Crippen molar-refractivity contribution in [3.63, 3.8) is 0 Å². The van der Waals surface area contributed by atoms with Crippen LogP contribution in [0.3, 0.4) is 0 Å². The van der Waals surface area contributed by atoms with E-state index in [1.165, 1.54) is 29.6 Å². The molecule has 26 heavy (non-hydrogen) atoms. The van der Waals surface area contributed by atoms with Gasteiger partial charge in [-0.05, 0) is 31.0 Å². The molecule has 0 bridgehead atoms. The molecule has 0 aliphatic carbocycles. The zero-order valence-electron chi connectivity index (χ0n) is 14.6. The lowest BCUT2D eigenvalue weighted by atomic mass is 10.2. The van der Waals surface area contributed by atoms with Crippen molar-refractivity contribution < 1.29 is 22.5 Å². The Bertz CT molecular complexity index is 903. The number of nitrogens with zero attached hydrogens (tertiary/aromatic N) is 3. The molecule has 1 aromatic carbocycles. The van der Waals surface area contributed by atoms with Crippen molar-refractivity contribution in [3.8, 4) is 5.75 Å². The predicted octanol–water partition coefficient (Wildman–Crippen LogP) is 1.35. The fraction of sp³-hybridized carbons (Fsp3) is 0.438. The normalized spacial score (nSPS) is 15.2. The summed E-state index contributed by atoms with van der Waals surface area (Å²) < 4.78 is 36.9. The highest BCUT2D eigenvalue weighted by Crippen LogP contribution is 2.30. The molecule has 0 saturated carbocycles. The number of ether oxygens (including phenoxy) is 1. The van der Waals surface area contributed by atoms with Gasteiger partial charge >= 0.3 is 0 Å². The first-order valence-electron chi connectivity index (χ1n) is 8.17. The van der Waals surface area contributed by atoms with E-state index in [4.69, 9.17) is 9.26 Å². The number of carbonyl (C=O) groups excluding carboxylic acids is 1. The maximum Gasteiger partial charge on any atom is 0.243 e. The molecule has 140 valence electrons. The smallest absolute Gasteiger partial charge is 0.243 e. The van der Waals surface area contributed by atoms with Crippen molar-refractivity contribution >= 4 is 21.6 Å². The number of benzene rings is 1. The first-order valence-corrected chi connectivity index (χ1v) is 9.61. The number of amides is 1. The molecule has 0 spiro atoms. The topological polar surface area (TPSA) is 115 Å². The van der Waals surface area contributed by atoms with Gasteiger partial charge in [-0.1, -0.05) is 5.16 Å². The van der Waals surface area contributed by atoms with Gasteiger partial charge in [0.25, 0.3) is 0 Å². The van der Waals surface area contributed by atoms with Crippen LogP contribution in [0.5, 0.6) is 5.75 Å². The lowest BCUT2D eigenvalue weighted by Crippen LogP contribution is -2.28. The largest absolute Gasteiger partial charge is 0.495 e. The number of hydrogen-bond acceptors (Lipinski definition) is 7. The van der Waals surface area contributed by atoms with Crippen molar-refractivity contribution in [2.24, 2.45) is 0 Å². The number of rotatable bonds is 6. The number of carbonyl (C=O) groups is 1. The molecule has 1 amide bonds. The van der Waals surface area contributed by atoms with Crippen molar-refractivity contribution in [1.29, 1.82) is 0 Å². The SMILES string of the molecule is COc1ccc(S(=O)(=O)N2CCCC2)cc1NC(=O)Cc1noc(C)n1. The molecule has 3 rings (SSSR count). The molecular formula is C16H20N4O5S. The van der Waals surface area contributed by atoms with Crippen LogP contribution in [0.4, 0.5) is 5.69 Å². The van der Waals surface area contributed by atoms with Gasteiger partial charge in [0.05, 0.1) is 24.1 Å². The number of nitrogens with one attached hydrogen (secondary N) is 1. The Balaban J connectivity index is 1.82. The Morgan fingerprint density at radius 1 is 1.35 bits per heavy atom. The summed E-state index contributed by atoms with van der Waals surface area (Å²) in [4.78, 5) is 16.3. The molecule has 1 N–H and O–H groups in total. The molecule has 9 nitrogen and oxygen atoms in total. The van der Waals surface area contributed by atoms with Crippen LogP contribution in [0.25, 0.3) is 0 Å². The molecule has 0 radical (unpaired) electrons. The van der Waals surface area contributed by atoms with Crippen molar-refractivity contribution in [2.75, 3.05) is 25.5 Å². The molecule has 0 atom stereocenters. The number of methoxy groups -OCH3 is 1. The fourth-order valence-electron chi connectivity index (χ4n) is 2.77. The molecule has 0 unspecified atom stereocenters. The van der Waals surface area contributed by atoms with Gasteiger partial charge in [0.15, 0.2) is 5.82 Å². The average Bonchev–Trinajstić information content (AvgIpc) is 3.27. The summed E-state index contributed by atoms with van der Waals surface area (Å²) in [5, 5.41) is 6.32. The van der Waals surface area contributed by atoms with Crippen LogP contribution in [0, 0.1) is 6.92 Å². The fourth-order valence-corrected chi connectivity index (χ4v) is 4.32. The van der Waals surface area contributed by atoms with Gasteiger partial charge in [-0.25, -0.2) is 8.42 Å². The highest BCUT2D eigenvalue weighted by molar-refractivity contribution is 7.89. The van der Waals surface area contributed by atoms with Gasteiger partial charge in [-0.15, -0.1) is 0 Å². The summed E-state index contributed by atoms with van der Waals surface area (Å²) in [7, 11) is -2.14. The Labute approximate surface area is 151 Å². The highest BCUT2D eigenvalue weighted by atomic mass is 32.2. The zero-order chi connectivity index (χ0) is 18.7. The number of sulfonamides is 1.